The monoisotopic (exact) mass is 262 g/mol. The molecule has 2 rings (SSSR count). The van der Waals surface area contributed by atoms with E-state index in [0.717, 1.165) is 18.1 Å². The number of rotatable bonds is 4. The van der Waals surface area contributed by atoms with Crippen LogP contribution in [0.2, 0.25) is 0 Å². The maximum atomic E-state index is 11.1. The molecule has 0 aliphatic carbocycles. The van der Waals surface area contributed by atoms with E-state index in [0.29, 0.717) is 12.5 Å². The minimum absolute atomic E-state index is 0.127. The lowest BCUT2D eigenvalue weighted by molar-refractivity contribution is -0.115. The van der Waals surface area contributed by atoms with Gasteiger partial charge in [0.25, 0.3) is 0 Å². The van der Waals surface area contributed by atoms with Gasteiger partial charge in [-0.2, -0.15) is 5.10 Å². The molecular formula is C14H22N4O. The number of hydrogen-bond acceptors (Lipinski definition) is 5. The second-order valence-electron chi connectivity index (χ2n) is 5.48. The molecule has 1 aliphatic rings. The van der Waals surface area contributed by atoms with Gasteiger partial charge in [0, 0.05) is 19.5 Å². The zero-order chi connectivity index (χ0) is 13.8. The van der Waals surface area contributed by atoms with E-state index in [1.165, 1.54) is 19.4 Å². The maximum Gasteiger partial charge on any atom is 0.151 e. The number of piperidine rings is 1. The Kier molecular flexibility index (Phi) is 4.47. The van der Waals surface area contributed by atoms with Crippen LogP contribution in [0.1, 0.15) is 31.4 Å². The second-order valence-corrected chi connectivity index (χ2v) is 5.48. The lowest BCUT2D eigenvalue weighted by atomic mass is 9.95. The summed E-state index contributed by atoms with van der Waals surface area (Å²) in [6.07, 6.45) is 2.40. The number of nitrogens with zero attached hydrogens (tertiary/aromatic N) is 4. The Morgan fingerprint density at radius 3 is 2.84 bits per heavy atom. The molecule has 5 nitrogen and oxygen atoms in total. The van der Waals surface area contributed by atoms with E-state index >= 15 is 0 Å². The first-order chi connectivity index (χ1) is 9.06. The first-order valence-electron chi connectivity index (χ1n) is 6.79. The Labute approximate surface area is 114 Å². The first kappa shape index (κ1) is 13.9. The smallest absolute Gasteiger partial charge is 0.151 e. The first-order valence-corrected chi connectivity index (χ1v) is 6.79. The van der Waals surface area contributed by atoms with Crippen molar-refractivity contribution in [2.45, 2.75) is 25.7 Å². The van der Waals surface area contributed by atoms with Gasteiger partial charge in [-0.1, -0.05) is 0 Å². The molecule has 1 aromatic rings. The molecule has 0 amide bonds. The summed E-state index contributed by atoms with van der Waals surface area (Å²) in [5, 5.41) is 8.57. The van der Waals surface area contributed by atoms with Crippen LogP contribution < -0.4 is 4.90 Å². The summed E-state index contributed by atoms with van der Waals surface area (Å²) in [6.45, 7) is 4.18. The SMILES string of the molecule is CC(=O)CN(C)c1ccc(C2CCCN(C)C2)nn1. The number of Topliss-reactive ketones (excluding diaryl/α,β-unsaturated/α-hetero) is 1. The van der Waals surface area contributed by atoms with Gasteiger partial charge >= 0.3 is 0 Å². The average molecular weight is 262 g/mol. The van der Waals surface area contributed by atoms with Gasteiger partial charge in [-0.05, 0) is 45.5 Å². The molecular weight excluding hydrogens is 240 g/mol. The Bertz CT molecular complexity index is 432. The number of ketones is 1. The van der Waals surface area contributed by atoms with Crippen LogP contribution in [-0.4, -0.2) is 54.6 Å². The summed E-state index contributed by atoms with van der Waals surface area (Å²) in [5.41, 5.74) is 1.06. The topological polar surface area (TPSA) is 49.3 Å². The Morgan fingerprint density at radius 1 is 1.47 bits per heavy atom. The fourth-order valence-electron chi connectivity index (χ4n) is 2.58. The molecule has 0 aromatic carbocycles. The van der Waals surface area contributed by atoms with Gasteiger partial charge in [-0.15, -0.1) is 5.10 Å². The Morgan fingerprint density at radius 2 is 2.26 bits per heavy atom. The van der Waals surface area contributed by atoms with Gasteiger partial charge in [-0.25, -0.2) is 0 Å². The van der Waals surface area contributed by atoms with Gasteiger partial charge in [0.2, 0.25) is 0 Å². The van der Waals surface area contributed by atoms with Crippen LogP contribution in [-0.2, 0) is 4.79 Å². The zero-order valence-corrected chi connectivity index (χ0v) is 12.0. The molecule has 104 valence electrons. The third-order valence-corrected chi connectivity index (χ3v) is 3.56. The molecule has 0 bridgehead atoms. The van der Waals surface area contributed by atoms with E-state index in [9.17, 15) is 4.79 Å². The van der Waals surface area contributed by atoms with E-state index < -0.39 is 0 Å². The van der Waals surface area contributed by atoms with E-state index in [4.69, 9.17) is 0 Å². The van der Waals surface area contributed by atoms with Crippen molar-refractivity contribution in [3.63, 3.8) is 0 Å². The predicted molar refractivity (Wildman–Crippen MR) is 75.5 cm³/mol. The van der Waals surface area contributed by atoms with Gasteiger partial charge < -0.3 is 9.80 Å². The van der Waals surface area contributed by atoms with Crippen molar-refractivity contribution >= 4 is 11.6 Å². The van der Waals surface area contributed by atoms with Crippen LogP contribution >= 0.6 is 0 Å². The third-order valence-electron chi connectivity index (χ3n) is 3.56. The highest BCUT2D eigenvalue weighted by molar-refractivity contribution is 5.80. The van der Waals surface area contributed by atoms with Gasteiger partial charge in [0.05, 0.1) is 12.2 Å². The molecule has 1 fully saturated rings. The number of likely N-dealkylation sites (tertiary alicyclic amines) is 1. The number of hydrogen-bond donors (Lipinski definition) is 0. The summed E-state index contributed by atoms with van der Waals surface area (Å²) in [6, 6.07) is 4.00. The van der Waals surface area contributed by atoms with Crippen molar-refractivity contribution in [1.29, 1.82) is 0 Å². The average Bonchev–Trinajstić information content (AvgIpc) is 2.38. The van der Waals surface area contributed by atoms with Crippen LogP contribution in [0.3, 0.4) is 0 Å². The molecule has 19 heavy (non-hydrogen) atoms. The van der Waals surface area contributed by atoms with Crippen LogP contribution in [0.15, 0.2) is 12.1 Å². The van der Waals surface area contributed by atoms with E-state index in [-0.39, 0.29) is 5.78 Å². The molecule has 1 atom stereocenters. The highest BCUT2D eigenvalue weighted by atomic mass is 16.1. The molecule has 1 aliphatic heterocycles. The van der Waals surface area contributed by atoms with Crippen molar-refractivity contribution in [2.24, 2.45) is 0 Å². The minimum atomic E-state index is 0.127. The molecule has 0 N–H and O–H groups in total. The number of carbonyl (C=O) groups is 1. The largest absolute Gasteiger partial charge is 0.351 e. The number of anilines is 1. The Hall–Kier alpha value is -1.49. The van der Waals surface area contributed by atoms with Gasteiger partial charge in [0.15, 0.2) is 5.82 Å². The predicted octanol–water partition coefficient (Wildman–Crippen LogP) is 1.31. The molecule has 1 unspecified atom stereocenters. The lowest BCUT2D eigenvalue weighted by Crippen LogP contribution is -2.31. The zero-order valence-electron chi connectivity index (χ0n) is 12.0. The quantitative estimate of drug-likeness (QED) is 0.819. The number of aromatic nitrogens is 2. The van der Waals surface area contributed by atoms with E-state index in [1.54, 1.807) is 6.92 Å². The fraction of sp³-hybridized carbons (Fsp3) is 0.643. The van der Waals surface area contributed by atoms with Crippen molar-refractivity contribution in [1.82, 2.24) is 15.1 Å². The summed E-state index contributed by atoms with van der Waals surface area (Å²) < 4.78 is 0. The van der Waals surface area contributed by atoms with E-state index in [1.807, 2.05) is 24.1 Å². The summed E-state index contributed by atoms with van der Waals surface area (Å²) >= 11 is 0. The van der Waals surface area contributed by atoms with Gasteiger partial charge in [0.1, 0.15) is 5.78 Å². The van der Waals surface area contributed by atoms with Crippen LogP contribution in [0.5, 0.6) is 0 Å². The molecule has 2 heterocycles. The van der Waals surface area contributed by atoms with Gasteiger partial charge in [-0.3, -0.25) is 4.79 Å². The molecule has 1 saturated heterocycles. The Balaban J connectivity index is 2.03. The van der Waals surface area contributed by atoms with E-state index in [2.05, 4.69) is 22.1 Å². The van der Waals surface area contributed by atoms with Crippen LogP contribution in [0.25, 0.3) is 0 Å². The van der Waals surface area contributed by atoms with Crippen molar-refractivity contribution in [3.8, 4) is 0 Å². The standard InChI is InChI=1S/C14H22N4O/c1-11(19)9-18(3)14-7-6-13(15-16-14)12-5-4-8-17(2)10-12/h6-7,12H,4-5,8-10H2,1-3H3. The highest BCUT2D eigenvalue weighted by Gasteiger charge is 2.20. The lowest BCUT2D eigenvalue weighted by Gasteiger charge is -2.29. The van der Waals surface area contributed by atoms with Crippen LogP contribution in [0, 0.1) is 0 Å². The second kappa shape index (κ2) is 6.10. The van der Waals surface area contributed by atoms with Crippen molar-refractivity contribution < 1.29 is 4.79 Å². The van der Waals surface area contributed by atoms with Crippen molar-refractivity contribution in [3.05, 3.63) is 17.8 Å². The molecule has 0 spiro atoms. The normalized spacial score (nSPS) is 20.3. The number of likely N-dealkylation sites (N-methyl/N-ethyl adjacent to an activating group) is 2. The molecule has 1 aromatic heterocycles. The third kappa shape index (κ3) is 3.73. The minimum Gasteiger partial charge on any atom is -0.351 e. The summed E-state index contributed by atoms with van der Waals surface area (Å²) in [5.74, 6) is 1.36. The molecule has 5 heteroatoms. The summed E-state index contributed by atoms with van der Waals surface area (Å²) in [7, 11) is 4.01. The fourth-order valence-corrected chi connectivity index (χ4v) is 2.58. The summed E-state index contributed by atoms with van der Waals surface area (Å²) in [4.78, 5) is 15.2. The van der Waals surface area contributed by atoms with Crippen LogP contribution in [0.4, 0.5) is 5.82 Å². The number of carbonyl (C=O) groups excluding carboxylic acids is 1. The molecule has 0 radical (unpaired) electrons. The molecule has 0 saturated carbocycles. The highest BCUT2D eigenvalue weighted by Crippen LogP contribution is 2.24. The van der Waals surface area contributed by atoms with Crippen molar-refractivity contribution in [2.75, 3.05) is 38.6 Å². The maximum absolute atomic E-state index is 11.1.